The third-order valence-electron chi connectivity index (χ3n) is 5.25. The molecule has 1 aromatic heterocycles. The molecule has 1 N–H and O–H groups in total. The van der Waals surface area contributed by atoms with Crippen LogP contribution in [0.25, 0.3) is 11.0 Å². The lowest BCUT2D eigenvalue weighted by molar-refractivity contribution is 0.394. The van der Waals surface area contributed by atoms with Crippen LogP contribution in [0.3, 0.4) is 0 Å². The molecule has 4 rings (SSSR count). The van der Waals surface area contributed by atoms with Gasteiger partial charge < -0.3 is 14.4 Å². The van der Waals surface area contributed by atoms with Gasteiger partial charge in [-0.1, -0.05) is 18.2 Å². The molecule has 0 amide bonds. The third kappa shape index (κ3) is 5.61. The molecule has 0 atom stereocenters. The molecule has 0 saturated carbocycles. The van der Waals surface area contributed by atoms with Crippen molar-refractivity contribution < 1.29 is 9.47 Å². The molecule has 0 fully saturated rings. The quantitative estimate of drug-likeness (QED) is 0.180. The van der Waals surface area contributed by atoms with Crippen molar-refractivity contribution >= 4 is 40.2 Å². The second-order valence-electron chi connectivity index (χ2n) is 7.76. The molecular formula is C25H26N6O3S. The lowest BCUT2D eigenvalue weighted by Crippen LogP contribution is -2.17. The van der Waals surface area contributed by atoms with E-state index in [1.54, 1.807) is 32.4 Å². The van der Waals surface area contributed by atoms with Crippen LogP contribution in [-0.2, 0) is 6.54 Å². The lowest BCUT2D eigenvalue weighted by Gasteiger charge is -2.19. The van der Waals surface area contributed by atoms with Crippen LogP contribution in [-0.4, -0.2) is 38.3 Å². The highest BCUT2D eigenvalue weighted by Gasteiger charge is 2.20. The van der Waals surface area contributed by atoms with Crippen molar-refractivity contribution in [3.8, 4) is 11.5 Å². The molecule has 35 heavy (non-hydrogen) atoms. The van der Waals surface area contributed by atoms with Crippen molar-refractivity contribution in [3.05, 3.63) is 77.3 Å². The second-order valence-corrected chi connectivity index (χ2v) is 8.73. The normalized spacial score (nSPS) is 10.7. The molecule has 9 nitrogen and oxygen atoms in total. The van der Waals surface area contributed by atoms with Crippen molar-refractivity contribution in [1.29, 1.82) is 0 Å². The number of rotatable bonds is 10. The number of ether oxygens (including phenoxy) is 2. The smallest absolute Gasteiger partial charge is 0.181 e. The molecule has 3 aromatic carbocycles. The first-order chi connectivity index (χ1) is 17.0. The van der Waals surface area contributed by atoms with Gasteiger partial charge in [0.25, 0.3) is 0 Å². The Morgan fingerprint density at radius 3 is 2.20 bits per heavy atom. The highest BCUT2D eigenvalue weighted by atomic mass is 32.2. The Morgan fingerprint density at radius 2 is 1.57 bits per heavy atom. The Morgan fingerprint density at radius 1 is 0.886 bits per heavy atom. The van der Waals surface area contributed by atoms with Crippen molar-refractivity contribution in [2.75, 3.05) is 38.2 Å². The Bertz CT molecular complexity index is 1310. The van der Waals surface area contributed by atoms with E-state index in [0.29, 0.717) is 40.8 Å². The zero-order valence-corrected chi connectivity index (χ0v) is 20.7. The van der Waals surface area contributed by atoms with Gasteiger partial charge in [0.1, 0.15) is 17.2 Å². The number of hydrogen-bond donors (Lipinski definition) is 1. The zero-order valence-electron chi connectivity index (χ0n) is 19.9. The molecule has 1 heterocycles. The predicted octanol–water partition coefficient (Wildman–Crippen LogP) is 5.33. The molecule has 0 bridgehead atoms. The second kappa shape index (κ2) is 11.0. The van der Waals surface area contributed by atoms with Crippen LogP contribution in [0.4, 0.5) is 17.2 Å². The van der Waals surface area contributed by atoms with Gasteiger partial charge in [-0.3, -0.25) is 4.72 Å². The van der Waals surface area contributed by atoms with Crippen LogP contribution in [0, 0.1) is 4.91 Å². The number of nitroso groups, excluding NO2 is 1. The molecule has 0 radical (unpaired) electrons. The summed E-state index contributed by atoms with van der Waals surface area (Å²) in [5.74, 6) is 1.37. The fourth-order valence-electron chi connectivity index (χ4n) is 3.45. The average Bonchev–Trinajstić information content (AvgIpc) is 2.89. The summed E-state index contributed by atoms with van der Waals surface area (Å²) >= 11 is 1.48. The van der Waals surface area contributed by atoms with Gasteiger partial charge in [0, 0.05) is 42.9 Å². The van der Waals surface area contributed by atoms with Crippen molar-refractivity contribution in [3.63, 3.8) is 0 Å². The summed E-state index contributed by atoms with van der Waals surface area (Å²) in [5.41, 5.74) is 3.50. The summed E-state index contributed by atoms with van der Waals surface area (Å²) in [5, 5.41) is 4.48. The van der Waals surface area contributed by atoms with Gasteiger partial charge >= 0.3 is 0 Å². The van der Waals surface area contributed by atoms with Crippen molar-refractivity contribution in [2.24, 2.45) is 5.29 Å². The van der Waals surface area contributed by atoms with Gasteiger partial charge in [-0.15, -0.1) is 4.91 Å². The van der Waals surface area contributed by atoms with E-state index in [4.69, 9.17) is 19.4 Å². The van der Waals surface area contributed by atoms with E-state index in [0.717, 1.165) is 16.1 Å². The Hall–Kier alpha value is -3.89. The van der Waals surface area contributed by atoms with E-state index in [-0.39, 0.29) is 0 Å². The van der Waals surface area contributed by atoms with Crippen LogP contribution in [0.5, 0.6) is 11.5 Å². The molecule has 0 aliphatic rings. The first-order valence-electron chi connectivity index (χ1n) is 10.8. The fourth-order valence-corrected chi connectivity index (χ4v) is 4.15. The predicted molar refractivity (Wildman–Crippen MR) is 140 cm³/mol. The first-order valence-corrected chi connectivity index (χ1v) is 11.6. The number of anilines is 3. The Labute approximate surface area is 208 Å². The number of methoxy groups -OCH3 is 2. The molecule has 0 aliphatic heterocycles. The van der Waals surface area contributed by atoms with E-state index >= 15 is 0 Å². The lowest BCUT2D eigenvalue weighted by atomic mass is 10.2. The maximum Gasteiger partial charge on any atom is 0.181 e. The molecule has 0 spiro atoms. The number of benzene rings is 3. The minimum absolute atomic E-state index is 0.323. The molecule has 0 aliphatic carbocycles. The van der Waals surface area contributed by atoms with Crippen LogP contribution < -0.4 is 24.1 Å². The zero-order chi connectivity index (χ0) is 24.8. The standard InChI is InChI=1S/C25H26N6O3S/c1-30(2)17-8-7-9-21(14-17)35-26-16-24-25(28-23-11-6-5-10-22(23)27-24)31(29-32)18-12-19(33-3)15-20(13-18)34-4/h5-15,26H,16H2,1-4H3. The number of nitrogens with one attached hydrogen (secondary N) is 1. The van der Waals surface area contributed by atoms with E-state index in [9.17, 15) is 4.91 Å². The molecule has 10 heteroatoms. The highest BCUT2D eigenvalue weighted by molar-refractivity contribution is 7.97. The van der Waals surface area contributed by atoms with Crippen LogP contribution in [0.2, 0.25) is 0 Å². The summed E-state index contributed by atoms with van der Waals surface area (Å²) in [6.07, 6.45) is 0. The van der Waals surface area contributed by atoms with E-state index in [1.165, 1.54) is 17.0 Å². The minimum Gasteiger partial charge on any atom is -0.497 e. The van der Waals surface area contributed by atoms with Gasteiger partial charge in [-0.05, 0) is 42.3 Å². The summed E-state index contributed by atoms with van der Waals surface area (Å²) in [6.45, 7) is 0.344. The topological polar surface area (TPSA) is 92.2 Å². The number of fused-ring (bicyclic) bond motifs is 1. The van der Waals surface area contributed by atoms with Gasteiger partial charge in [0.2, 0.25) is 0 Å². The third-order valence-corrected chi connectivity index (χ3v) is 6.03. The SMILES string of the molecule is COc1cc(OC)cc(N(N=O)c2nc3ccccc3nc2CNSc2cccc(N(C)C)c2)c1. The van der Waals surface area contributed by atoms with E-state index in [2.05, 4.69) is 16.1 Å². The van der Waals surface area contributed by atoms with Gasteiger partial charge in [-0.25, -0.2) is 9.97 Å². The number of para-hydroxylation sites is 2. The van der Waals surface area contributed by atoms with E-state index in [1.807, 2.05) is 61.5 Å². The monoisotopic (exact) mass is 490 g/mol. The van der Waals surface area contributed by atoms with Crippen molar-refractivity contribution in [1.82, 2.24) is 14.7 Å². The first kappa shape index (κ1) is 24.2. The van der Waals surface area contributed by atoms with Gasteiger partial charge in [0.15, 0.2) is 5.82 Å². The number of hydrogen-bond acceptors (Lipinski definition) is 9. The fraction of sp³-hybridized carbons (Fsp3) is 0.200. The number of nitrogens with zero attached hydrogens (tertiary/aromatic N) is 5. The summed E-state index contributed by atoms with van der Waals surface area (Å²) in [7, 11) is 7.10. The van der Waals surface area contributed by atoms with Crippen LogP contribution in [0.15, 0.2) is 76.9 Å². The van der Waals surface area contributed by atoms with Gasteiger partial charge in [-0.2, -0.15) is 5.01 Å². The Balaban J connectivity index is 1.69. The summed E-state index contributed by atoms with van der Waals surface area (Å²) in [6, 6.07) is 20.8. The highest BCUT2D eigenvalue weighted by Crippen LogP contribution is 2.34. The Kier molecular flexibility index (Phi) is 7.64. The average molecular weight is 491 g/mol. The molecule has 180 valence electrons. The number of aromatic nitrogens is 2. The molecule has 0 saturated heterocycles. The molecule has 4 aromatic rings. The summed E-state index contributed by atoms with van der Waals surface area (Å²) in [4.78, 5) is 24.7. The van der Waals surface area contributed by atoms with Crippen molar-refractivity contribution in [2.45, 2.75) is 11.4 Å². The maximum absolute atomic E-state index is 12.1. The maximum atomic E-state index is 12.1. The minimum atomic E-state index is 0.323. The largest absolute Gasteiger partial charge is 0.497 e. The van der Waals surface area contributed by atoms with Gasteiger partial charge in [0.05, 0.1) is 42.8 Å². The molecule has 0 unspecified atom stereocenters. The van der Waals surface area contributed by atoms with Crippen LogP contribution in [0.1, 0.15) is 5.69 Å². The van der Waals surface area contributed by atoms with E-state index < -0.39 is 0 Å². The summed E-state index contributed by atoms with van der Waals surface area (Å²) < 4.78 is 14.1. The molecular weight excluding hydrogens is 464 g/mol. The van der Waals surface area contributed by atoms with Crippen LogP contribution >= 0.6 is 11.9 Å².